The molecule has 4 rings (SSSR count). The van der Waals surface area contributed by atoms with Gasteiger partial charge in [-0.2, -0.15) is 0 Å². The summed E-state index contributed by atoms with van der Waals surface area (Å²) >= 11 is 0. The molecule has 9 nitrogen and oxygen atoms in total. The minimum Gasteiger partial charge on any atom is -0.496 e. The molecule has 1 aliphatic rings. The Balaban J connectivity index is 1.86. The van der Waals surface area contributed by atoms with Gasteiger partial charge in [0.15, 0.2) is 0 Å². The fraction of sp³-hybridized carbons (Fsp3) is 0.364. The number of benzene rings is 2. The molecule has 1 heterocycles. The topological polar surface area (TPSA) is 123 Å². The van der Waals surface area contributed by atoms with Crippen molar-refractivity contribution < 1.29 is 19.2 Å². The number of nitro groups is 1. The fourth-order valence-electron chi connectivity index (χ4n) is 4.41. The number of fused-ring (bicyclic) bond motifs is 1. The van der Waals surface area contributed by atoms with Crippen LogP contribution in [0.1, 0.15) is 48.5 Å². The van der Waals surface area contributed by atoms with Crippen LogP contribution in [0.2, 0.25) is 0 Å². The molecule has 3 aromatic rings. The molecule has 0 radical (unpaired) electrons. The Morgan fingerprint density at radius 1 is 1.23 bits per heavy atom. The molecular formula is C22H24N4O5. The zero-order valence-corrected chi connectivity index (χ0v) is 17.5. The molecular weight excluding hydrogens is 400 g/mol. The maximum absolute atomic E-state index is 12.1. The monoisotopic (exact) mass is 424 g/mol. The van der Waals surface area contributed by atoms with E-state index in [1.807, 2.05) is 18.5 Å². The van der Waals surface area contributed by atoms with Gasteiger partial charge in [0.2, 0.25) is 0 Å². The van der Waals surface area contributed by atoms with Crippen molar-refractivity contribution in [2.75, 3.05) is 20.0 Å². The number of imidazole rings is 1. The molecule has 0 aliphatic heterocycles. The number of nitrogen functional groups attached to an aromatic ring is 1. The number of nitrogens with two attached hydrogens (primary N) is 1. The first-order chi connectivity index (χ1) is 15.0. The number of nitro benzene ring substituents is 1. The molecule has 31 heavy (non-hydrogen) atoms. The van der Waals surface area contributed by atoms with Crippen molar-refractivity contribution in [1.82, 2.24) is 9.55 Å². The fourth-order valence-corrected chi connectivity index (χ4v) is 4.41. The van der Waals surface area contributed by atoms with Gasteiger partial charge < -0.3 is 19.8 Å². The number of carbonyl (C=O) groups excluding carboxylic acids is 1. The summed E-state index contributed by atoms with van der Waals surface area (Å²) in [6.07, 6.45) is 7.78. The lowest BCUT2D eigenvalue weighted by atomic mass is 9.95. The van der Waals surface area contributed by atoms with E-state index in [0.717, 1.165) is 23.9 Å². The number of ether oxygens (including phenoxy) is 2. The second kappa shape index (κ2) is 8.25. The van der Waals surface area contributed by atoms with Crippen LogP contribution in [0.5, 0.6) is 5.75 Å². The first-order valence-electron chi connectivity index (χ1n) is 10.2. The number of carbonyl (C=O) groups is 1. The van der Waals surface area contributed by atoms with Crippen LogP contribution >= 0.6 is 0 Å². The second-order valence-corrected chi connectivity index (χ2v) is 7.66. The van der Waals surface area contributed by atoms with Crippen molar-refractivity contribution in [3.63, 3.8) is 0 Å². The lowest BCUT2D eigenvalue weighted by molar-refractivity contribution is -0.383. The van der Waals surface area contributed by atoms with Crippen LogP contribution in [0.15, 0.2) is 30.6 Å². The maximum Gasteiger partial charge on any atom is 0.344 e. The minimum absolute atomic E-state index is 0.109. The molecule has 1 saturated carbocycles. The Labute approximate surface area is 178 Å². The number of hydrogen-bond donors (Lipinski definition) is 1. The van der Waals surface area contributed by atoms with Crippen molar-refractivity contribution in [2.45, 2.75) is 38.1 Å². The van der Waals surface area contributed by atoms with Crippen LogP contribution in [0.3, 0.4) is 0 Å². The summed E-state index contributed by atoms with van der Waals surface area (Å²) in [5.74, 6) is -0.691. The van der Waals surface area contributed by atoms with E-state index >= 15 is 0 Å². The zero-order valence-electron chi connectivity index (χ0n) is 17.5. The number of methoxy groups -OCH3 is 2. The molecule has 0 bridgehead atoms. The average Bonchev–Trinajstić information content (AvgIpc) is 3.21. The van der Waals surface area contributed by atoms with E-state index in [9.17, 15) is 14.9 Å². The largest absolute Gasteiger partial charge is 0.496 e. The summed E-state index contributed by atoms with van der Waals surface area (Å²) in [4.78, 5) is 28.0. The van der Waals surface area contributed by atoms with Gasteiger partial charge in [-0.25, -0.2) is 9.78 Å². The van der Waals surface area contributed by atoms with Gasteiger partial charge in [0, 0.05) is 6.04 Å². The Kier molecular flexibility index (Phi) is 5.50. The number of nitrogens with zero attached hydrogens (tertiary/aromatic N) is 3. The average molecular weight is 424 g/mol. The first-order valence-corrected chi connectivity index (χ1v) is 10.2. The van der Waals surface area contributed by atoms with Crippen LogP contribution in [0.25, 0.3) is 22.2 Å². The standard InChI is InChI=1S/C22H24N4O5/c1-30-18-11-15(21(26(28)29)20(23)19(18)22(27)31-2)13-8-9-17-16(10-13)24-12-25(17)14-6-4-3-5-7-14/h8-12,14H,3-7,23H2,1-2H3. The quantitative estimate of drug-likeness (QED) is 0.277. The highest BCUT2D eigenvalue weighted by Gasteiger charge is 2.30. The third-order valence-electron chi connectivity index (χ3n) is 5.95. The first kappa shape index (κ1) is 20.6. The van der Waals surface area contributed by atoms with E-state index in [1.165, 1.54) is 39.5 Å². The normalized spacial score (nSPS) is 14.5. The Morgan fingerprint density at radius 2 is 1.97 bits per heavy atom. The minimum atomic E-state index is -0.800. The highest BCUT2D eigenvalue weighted by atomic mass is 16.6. The summed E-state index contributed by atoms with van der Waals surface area (Å²) in [7, 11) is 2.55. The van der Waals surface area contributed by atoms with E-state index in [2.05, 4.69) is 9.55 Å². The van der Waals surface area contributed by atoms with Crippen LogP contribution in [0, 0.1) is 10.1 Å². The molecule has 0 unspecified atom stereocenters. The van der Waals surface area contributed by atoms with Gasteiger partial charge >= 0.3 is 11.7 Å². The van der Waals surface area contributed by atoms with Crippen LogP contribution in [0.4, 0.5) is 11.4 Å². The molecule has 162 valence electrons. The number of hydrogen-bond acceptors (Lipinski definition) is 7. The molecule has 1 aliphatic carbocycles. The number of anilines is 1. The zero-order chi connectivity index (χ0) is 22.1. The Bertz CT molecular complexity index is 1160. The van der Waals surface area contributed by atoms with Crippen LogP contribution < -0.4 is 10.5 Å². The predicted molar refractivity (Wildman–Crippen MR) is 116 cm³/mol. The summed E-state index contributed by atoms with van der Waals surface area (Å²) < 4.78 is 12.2. The highest BCUT2D eigenvalue weighted by molar-refractivity contribution is 6.03. The number of esters is 1. The van der Waals surface area contributed by atoms with E-state index in [0.29, 0.717) is 11.6 Å². The maximum atomic E-state index is 12.1. The molecule has 2 aromatic carbocycles. The third kappa shape index (κ3) is 3.56. The summed E-state index contributed by atoms with van der Waals surface area (Å²) in [6.45, 7) is 0. The molecule has 0 saturated heterocycles. The lowest BCUT2D eigenvalue weighted by Crippen LogP contribution is -2.11. The smallest absolute Gasteiger partial charge is 0.344 e. The van der Waals surface area contributed by atoms with Crippen LogP contribution in [-0.4, -0.2) is 34.7 Å². The van der Waals surface area contributed by atoms with Gasteiger partial charge in [-0.05, 0) is 36.6 Å². The molecule has 1 fully saturated rings. The summed E-state index contributed by atoms with van der Waals surface area (Å²) in [5, 5.41) is 11.9. The molecule has 2 N–H and O–H groups in total. The van der Waals surface area contributed by atoms with Gasteiger partial charge in [-0.1, -0.05) is 25.3 Å². The van der Waals surface area contributed by atoms with Gasteiger partial charge in [0.05, 0.1) is 42.1 Å². The van der Waals surface area contributed by atoms with Gasteiger partial charge in [0.25, 0.3) is 0 Å². The van der Waals surface area contributed by atoms with E-state index in [1.54, 1.807) is 6.07 Å². The summed E-state index contributed by atoms with van der Waals surface area (Å²) in [5.41, 5.74) is 7.77. The van der Waals surface area contributed by atoms with E-state index < -0.39 is 10.9 Å². The second-order valence-electron chi connectivity index (χ2n) is 7.66. The van der Waals surface area contributed by atoms with Crippen molar-refractivity contribution in [2.24, 2.45) is 0 Å². The molecule has 0 atom stereocenters. The Hall–Kier alpha value is -3.62. The van der Waals surface area contributed by atoms with Gasteiger partial charge in [0.1, 0.15) is 17.0 Å². The lowest BCUT2D eigenvalue weighted by Gasteiger charge is -2.23. The Morgan fingerprint density at radius 3 is 2.61 bits per heavy atom. The number of aromatic nitrogens is 2. The van der Waals surface area contributed by atoms with Crippen molar-refractivity contribution >= 4 is 28.4 Å². The highest BCUT2D eigenvalue weighted by Crippen LogP contribution is 2.43. The SMILES string of the molecule is COC(=O)c1c(OC)cc(-c2ccc3c(c2)ncn3C2CCCCC2)c([N+](=O)[O-])c1N. The van der Waals surface area contributed by atoms with Gasteiger partial charge in [-0.15, -0.1) is 0 Å². The number of rotatable bonds is 5. The van der Waals surface area contributed by atoms with Crippen molar-refractivity contribution in [3.05, 3.63) is 46.3 Å². The predicted octanol–water partition coefficient (Wildman–Crippen LogP) is 4.49. The van der Waals surface area contributed by atoms with Gasteiger partial charge in [-0.3, -0.25) is 10.1 Å². The molecule has 1 aromatic heterocycles. The van der Waals surface area contributed by atoms with Crippen molar-refractivity contribution in [1.29, 1.82) is 0 Å². The van der Waals surface area contributed by atoms with E-state index in [4.69, 9.17) is 15.2 Å². The molecule has 9 heteroatoms. The third-order valence-corrected chi connectivity index (χ3v) is 5.95. The van der Waals surface area contributed by atoms with Crippen molar-refractivity contribution in [3.8, 4) is 16.9 Å². The van der Waals surface area contributed by atoms with Crippen LogP contribution in [-0.2, 0) is 4.74 Å². The summed E-state index contributed by atoms with van der Waals surface area (Å²) in [6, 6.07) is 7.40. The molecule has 0 spiro atoms. The van der Waals surface area contributed by atoms with E-state index in [-0.39, 0.29) is 28.3 Å². The molecule has 0 amide bonds.